The zero-order valence-corrected chi connectivity index (χ0v) is 8.61. The molecule has 0 rings (SSSR count). The topological polar surface area (TPSA) is 68.3 Å². The summed E-state index contributed by atoms with van der Waals surface area (Å²) in [7, 11) is -15.5. The average molecular weight is 316 g/mol. The van der Waals surface area contributed by atoms with Crippen LogP contribution in [0.15, 0.2) is 0 Å². The van der Waals surface area contributed by atoms with Crippen molar-refractivity contribution in [1.29, 1.82) is 0 Å². The molecule has 0 aliphatic carbocycles. The minimum absolute atomic E-state index is 7.09. The van der Waals surface area contributed by atoms with Gasteiger partial charge in [0.1, 0.15) is 0 Å². The van der Waals surface area contributed by atoms with E-state index in [-0.39, 0.29) is 0 Å². The summed E-state index contributed by atoms with van der Waals surface area (Å²) >= 11 is 0. The minimum atomic E-state index is -7.76. The predicted molar refractivity (Wildman–Crippen MR) is 34.9 cm³/mol. The number of hydrogen-bond donors (Lipinski definition) is 0. The van der Waals surface area contributed by atoms with Gasteiger partial charge in [0.2, 0.25) is 0 Å². The Hall–Kier alpha value is -0.660. The molecule has 0 aliphatic rings. The van der Waals surface area contributed by atoms with Crippen molar-refractivity contribution in [3.8, 4) is 0 Å². The Kier molecular flexibility index (Phi) is 3.52. The quantitative estimate of drug-likeness (QED) is 0.583. The number of hydrogen-bond acceptors (Lipinski definition) is 4. The fourth-order valence-corrected chi connectivity index (χ4v) is 2.39. The van der Waals surface area contributed by atoms with Crippen LogP contribution in [0.3, 0.4) is 0 Å². The summed E-state index contributed by atoms with van der Waals surface area (Å²) in [6.45, 7) is 0. The highest BCUT2D eigenvalue weighted by Crippen LogP contribution is 2.51. The number of alkyl halides is 6. The highest BCUT2D eigenvalue weighted by molar-refractivity contribution is 8.05. The zero-order chi connectivity index (χ0) is 14.5. The van der Waals surface area contributed by atoms with Crippen LogP contribution in [0, 0.1) is 0 Å². The summed E-state index contributed by atoms with van der Waals surface area (Å²) < 4.78 is 128. The van der Waals surface area contributed by atoms with E-state index in [4.69, 9.17) is 0 Å². The maximum absolute atomic E-state index is 12.7. The second-order valence-corrected chi connectivity index (χ2v) is 5.62. The molecule has 0 heterocycles. The molecule has 0 radical (unpaired) electrons. The van der Waals surface area contributed by atoms with Crippen LogP contribution in [0.5, 0.6) is 0 Å². The third kappa shape index (κ3) is 2.19. The summed E-state index contributed by atoms with van der Waals surface area (Å²) in [6.07, 6.45) is -7.15. The first-order valence-corrected chi connectivity index (χ1v) is 5.78. The molecule has 17 heavy (non-hydrogen) atoms. The van der Waals surface area contributed by atoms with Crippen molar-refractivity contribution >= 4 is 20.4 Å². The van der Waals surface area contributed by atoms with Crippen LogP contribution in [-0.2, 0) is 20.4 Å². The Labute approximate surface area is 88.6 Å². The van der Waals surface area contributed by atoms with Gasteiger partial charge in [-0.2, -0.15) is 43.2 Å². The monoisotopic (exact) mass is 316 g/mol. The van der Waals surface area contributed by atoms with E-state index in [0.29, 0.717) is 0 Å². The molecular weight excluding hydrogens is 316 g/mol. The van der Waals surface area contributed by atoms with Gasteiger partial charge in [-0.3, -0.25) is 0 Å². The zero-order valence-electron chi connectivity index (χ0n) is 6.97. The Morgan fingerprint density at radius 1 is 0.647 bits per heavy atom. The summed E-state index contributed by atoms with van der Waals surface area (Å²) in [4.78, 5) is 0. The third-order valence-corrected chi connectivity index (χ3v) is 4.32. The van der Waals surface area contributed by atoms with Gasteiger partial charge in [0.15, 0.2) is 0 Å². The van der Waals surface area contributed by atoms with Crippen molar-refractivity contribution in [2.24, 2.45) is 0 Å². The van der Waals surface area contributed by atoms with Crippen molar-refractivity contribution in [1.82, 2.24) is 0 Å². The van der Waals surface area contributed by atoms with Crippen LogP contribution in [0.4, 0.5) is 34.1 Å². The fraction of sp³-hybridized carbons (Fsp3) is 1.00. The molecule has 0 saturated carbocycles. The second-order valence-electron chi connectivity index (χ2n) is 2.48. The van der Waals surface area contributed by atoms with Gasteiger partial charge in [-0.25, -0.2) is 0 Å². The third-order valence-electron chi connectivity index (χ3n) is 1.36. The van der Waals surface area contributed by atoms with Gasteiger partial charge in [-0.05, 0) is 0 Å². The summed E-state index contributed by atoms with van der Waals surface area (Å²) in [5, 5.41) is 0. The van der Waals surface area contributed by atoms with E-state index in [1.54, 1.807) is 0 Å². The Morgan fingerprint density at radius 2 is 0.882 bits per heavy atom. The van der Waals surface area contributed by atoms with Crippen molar-refractivity contribution in [2.45, 2.75) is 16.4 Å². The molecule has 0 N–H and O–H groups in total. The van der Waals surface area contributed by atoms with Crippen LogP contribution in [-0.4, -0.2) is 33.3 Å². The molecule has 0 amide bonds. The molecule has 104 valence electrons. The first-order valence-electron chi connectivity index (χ1n) is 3.02. The summed E-state index contributed by atoms with van der Waals surface area (Å²) in [5.41, 5.74) is 0. The van der Waals surface area contributed by atoms with Gasteiger partial charge in [0, 0.05) is 0 Å². The van der Waals surface area contributed by atoms with Crippen LogP contribution < -0.4 is 0 Å². The van der Waals surface area contributed by atoms with Crippen LogP contribution in [0.2, 0.25) is 0 Å². The molecule has 0 spiro atoms. The van der Waals surface area contributed by atoms with Gasteiger partial charge in [-0.15, -0.1) is 7.77 Å². The minimum Gasteiger partial charge on any atom is -0.195 e. The molecule has 0 aromatic heterocycles. The van der Waals surface area contributed by atoms with Crippen molar-refractivity contribution in [2.75, 3.05) is 0 Å². The molecule has 0 atom stereocenters. The molecule has 0 bridgehead atoms. The first-order chi connectivity index (χ1) is 7.00. The molecule has 0 unspecified atom stereocenters. The maximum Gasteiger partial charge on any atom is 0.459 e. The fourth-order valence-electron chi connectivity index (χ4n) is 0.594. The largest absolute Gasteiger partial charge is 0.459 e. The highest BCUT2D eigenvalue weighted by Gasteiger charge is 2.84. The van der Waals surface area contributed by atoms with Gasteiger partial charge in [0.05, 0.1) is 0 Å². The first kappa shape index (κ1) is 16.3. The van der Waals surface area contributed by atoms with Crippen LogP contribution in [0.25, 0.3) is 0 Å². The van der Waals surface area contributed by atoms with E-state index in [1.807, 2.05) is 0 Å². The smallest absolute Gasteiger partial charge is 0.195 e. The SMILES string of the molecule is O=S(=O)(F)C(F)(C(F)(F)C(F)(F)F)S(=O)(=O)F. The number of halogens is 8. The van der Waals surface area contributed by atoms with E-state index < -0.39 is 36.9 Å². The molecule has 0 aliphatic heterocycles. The van der Waals surface area contributed by atoms with Crippen molar-refractivity contribution < 1.29 is 50.9 Å². The molecular formula is C3F8O4S2. The molecule has 0 aromatic rings. The molecule has 0 saturated heterocycles. The predicted octanol–water partition coefficient (Wildman–Crippen LogP) is 1.41. The molecule has 14 heteroatoms. The Morgan fingerprint density at radius 3 is 0.941 bits per heavy atom. The van der Waals surface area contributed by atoms with E-state index >= 15 is 0 Å². The van der Waals surface area contributed by atoms with Crippen molar-refractivity contribution in [3.63, 3.8) is 0 Å². The second kappa shape index (κ2) is 3.66. The van der Waals surface area contributed by atoms with Gasteiger partial charge < -0.3 is 0 Å². The van der Waals surface area contributed by atoms with Crippen LogP contribution >= 0.6 is 0 Å². The van der Waals surface area contributed by atoms with Gasteiger partial charge in [0.25, 0.3) is 0 Å². The van der Waals surface area contributed by atoms with Gasteiger partial charge >= 0.3 is 36.9 Å². The highest BCUT2D eigenvalue weighted by atomic mass is 32.3. The lowest BCUT2D eigenvalue weighted by molar-refractivity contribution is -0.299. The summed E-state index contributed by atoms with van der Waals surface area (Å²) in [6, 6.07) is 0. The average Bonchev–Trinajstić information content (AvgIpc) is 1.95. The lowest BCUT2D eigenvalue weighted by Gasteiger charge is -2.27. The lowest BCUT2D eigenvalue weighted by atomic mass is 10.3. The Balaban J connectivity index is 6.46. The number of rotatable bonds is 3. The van der Waals surface area contributed by atoms with Gasteiger partial charge in [-0.1, -0.05) is 0 Å². The Bertz CT molecular complexity index is 467. The standard InChI is InChI=1S/C3F8O4S2/c4-1(5,2(6,7)8)3(9,16(10,12)13)17(11,14)15. The molecule has 4 nitrogen and oxygen atoms in total. The van der Waals surface area contributed by atoms with Crippen LogP contribution in [0.1, 0.15) is 0 Å². The van der Waals surface area contributed by atoms with E-state index in [1.165, 1.54) is 0 Å². The summed E-state index contributed by atoms with van der Waals surface area (Å²) in [5.74, 6) is -7.33. The van der Waals surface area contributed by atoms with E-state index in [9.17, 15) is 50.9 Å². The normalized spacial score (nSPS) is 16.0. The van der Waals surface area contributed by atoms with E-state index in [0.717, 1.165) is 0 Å². The van der Waals surface area contributed by atoms with E-state index in [2.05, 4.69) is 0 Å². The lowest BCUT2D eigenvalue weighted by Crippen LogP contribution is -2.60. The maximum atomic E-state index is 12.7. The van der Waals surface area contributed by atoms with Crippen molar-refractivity contribution in [3.05, 3.63) is 0 Å². The molecule has 0 aromatic carbocycles. The molecule has 0 fully saturated rings.